The highest BCUT2D eigenvalue weighted by Crippen LogP contribution is 2.38. The first-order valence-electron chi connectivity index (χ1n) is 9.41. The van der Waals surface area contributed by atoms with Crippen molar-refractivity contribution in [3.8, 4) is 22.3 Å². The van der Waals surface area contributed by atoms with Gasteiger partial charge in [-0.3, -0.25) is 0 Å². The van der Waals surface area contributed by atoms with E-state index in [4.69, 9.17) is 0 Å². The molecule has 0 unspecified atom stereocenters. The van der Waals surface area contributed by atoms with Crippen molar-refractivity contribution in [2.24, 2.45) is 7.05 Å². The minimum atomic E-state index is -1.64. The van der Waals surface area contributed by atoms with Crippen molar-refractivity contribution < 1.29 is 27.5 Å². The zero-order chi connectivity index (χ0) is 23.2. The SMILES string of the molecule is CNCc1cccc(-c2c(F)c(F)c(-c3cc(C(=O)O)c4c(c3)nnn4C)c(F)c2F)c1. The van der Waals surface area contributed by atoms with E-state index in [-0.39, 0.29) is 27.7 Å². The standard InChI is InChI=1S/C22H16F4N4O2/c1-27-9-10-4-3-5-11(6-10)15-17(23)19(25)16(20(26)18(15)24)12-7-13(22(31)32)21-14(8-12)28-29-30(21)2/h3-8,27H,9H2,1-2H3,(H,31,32). The molecule has 4 rings (SSSR count). The summed E-state index contributed by atoms with van der Waals surface area (Å²) in [5.41, 5.74) is -1.88. The average Bonchev–Trinajstić information content (AvgIpc) is 3.13. The van der Waals surface area contributed by atoms with Gasteiger partial charge in [-0.05, 0) is 41.9 Å². The quantitative estimate of drug-likeness (QED) is 0.355. The Morgan fingerprint density at radius 3 is 2.22 bits per heavy atom. The Hall–Kier alpha value is -3.79. The average molecular weight is 444 g/mol. The van der Waals surface area contributed by atoms with Gasteiger partial charge in [0.25, 0.3) is 0 Å². The second-order valence-corrected chi connectivity index (χ2v) is 7.15. The lowest BCUT2D eigenvalue weighted by Crippen LogP contribution is -2.07. The third-order valence-electron chi connectivity index (χ3n) is 5.08. The number of carbonyl (C=O) groups is 1. The molecule has 0 amide bonds. The summed E-state index contributed by atoms with van der Waals surface area (Å²) >= 11 is 0. The highest BCUT2D eigenvalue weighted by atomic mass is 19.2. The highest BCUT2D eigenvalue weighted by molar-refractivity contribution is 6.03. The van der Waals surface area contributed by atoms with Crippen molar-refractivity contribution >= 4 is 17.0 Å². The monoisotopic (exact) mass is 444 g/mol. The molecule has 0 atom stereocenters. The van der Waals surface area contributed by atoms with Gasteiger partial charge in [0.15, 0.2) is 23.3 Å². The van der Waals surface area contributed by atoms with Gasteiger partial charge < -0.3 is 10.4 Å². The van der Waals surface area contributed by atoms with Crippen molar-refractivity contribution in [1.82, 2.24) is 20.3 Å². The van der Waals surface area contributed by atoms with E-state index in [1.807, 2.05) is 0 Å². The lowest BCUT2D eigenvalue weighted by molar-refractivity contribution is 0.0698. The molecule has 1 aromatic heterocycles. The maximum Gasteiger partial charge on any atom is 0.337 e. The summed E-state index contributed by atoms with van der Waals surface area (Å²) in [6.45, 7) is 0.385. The van der Waals surface area contributed by atoms with E-state index < -0.39 is 40.4 Å². The summed E-state index contributed by atoms with van der Waals surface area (Å²) in [5.74, 6) is -7.87. The summed E-state index contributed by atoms with van der Waals surface area (Å²) < 4.78 is 61.4. The number of nitrogens with zero attached hydrogens (tertiary/aromatic N) is 3. The lowest BCUT2D eigenvalue weighted by Gasteiger charge is -2.14. The molecule has 4 aromatic rings. The fourth-order valence-electron chi connectivity index (χ4n) is 3.68. The van der Waals surface area contributed by atoms with E-state index in [9.17, 15) is 9.90 Å². The largest absolute Gasteiger partial charge is 0.478 e. The van der Waals surface area contributed by atoms with Gasteiger partial charge in [0.1, 0.15) is 11.0 Å². The topological polar surface area (TPSA) is 80.0 Å². The van der Waals surface area contributed by atoms with Gasteiger partial charge in [-0.25, -0.2) is 27.0 Å². The van der Waals surface area contributed by atoms with E-state index in [1.165, 1.54) is 29.9 Å². The van der Waals surface area contributed by atoms with Gasteiger partial charge in [-0.1, -0.05) is 23.4 Å². The molecule has 32 heavy (non-hydrogen) atoms. The normalized spacial score (nSPS) is 11.3. The molecule has 0 radical (unpaired) electrons. The van der Waals surface area contributed by atoms with Crippen LogP contribution in [0.4, 0.5) is 17.6 Å². The molecule has 10 heteroatoms. The minimum absolute atomic E-state index is 0.00543. The highest BCUT2D eigenvalue weighted by Gasteiger charge is 2.28. The number of aromatic nitrogens is 3. The summed E-state index contributed by atoms with van der Waals surface area (Å²) in [6.07, 6.45) is 0. The van der Waals surface area contributed by atoms with Crippen LogP contribution in [0.5, 0.6) is 0 Å². The first kappa shape index (κ1) is 21.4. The van der Waals surface area contributed by atoms with Crippen molar-refractivity contribution in [3.63, 3.8) is 0 Å². The predicted molar refractivity (Wildman–Crippen MR) is 109 cm³/mol. The van der Waals surface area contributed by atoms with Crippen LogP contribution in [-0.2, 0) is 13.6 Å². The van der Waals surface area contributed by atoms with Crippen molar-refractivity contribution in [3.05, 3.63) is 70.8 Å². The van der Waals surface area contributed by atoms with E-state index >= 15 is 17.6 Å². The Bertz CT molecular complexity index is 1360. The summed E-state index contributed by atoms with van der Waals surface area (Å²) in [7, 11) is 3.13. The van der Waals surface area contributed by atoms with Crippen LogP contribution in [0, 0.1) is 23.3 Å². The Morgan fingerprint density at radius 2 is 1.62 bits per heavy atom. The number of aromatic carboxylic acids is 1. The molecule has 2 N–H and O–H groups in total. The Morgan fingerprint density at radius 1 is 1.00 bits per heavy atom. The minimum Gasteiger partial charge on any atom is -0.478 e. The van der Waals surface area contributed by atoms with Crippen molar-refractivity contribution in [1.29, 1.82) is 0 Å². The molecule has 0 bridgehead atoms. The molecule has 3 aromatic carbocycles. The molecular formula is C22H16F4N4O2. The Labute approximate surface area is 179 Å². The number of aryl methyl sites for hydroxylation is 1. The maximum absolute atomic E-state index is 15.1. The second kappa shape index (κ2) is 8.04. The zero-order valence-corrected chi connectivity index (χ0v) is 16.9. The summed E-state index contributed by atoms with van der Waals surface area (Å²) in [5, 5.41) is 19.8. The van der Waals surface area contributed by atoms with E-state index in [1.54, 1.807) is 13.1 Å². The van der Waals surface area contributed by atoms with Crippen LogP contribution in [0.25, 0.3) is 33.3 Å². The number of halogens is 4. The molecule has 0 aliphatic heterocycles. The zero-order valence-electron chi connectivity index (χ0n) is 16.9. The van der Waals surface area contributed by atoms with Crippen LogP contribution in [0.1, 0.15) is 15.9 Å². The van der Waals surface area contributed by atoms with Crippen LogP contribution >= 0.6 is 0 Å². The third kappa shape index (κ3) is 3.38. The van der Waals surface area contributed by atoms with E-state index in [2.05, 4.69) is 15.6 Å². The van der Waals surface area contributed by atoms with E-state index in [0.29, 0.717) is 12.1 Å². The predicted octanol–water partition coefficient (Wildman–Crippen LogP) is 4.28. The molecule has 0 aliphatic rings. The lowest BCUT2D eigenvalue weighted by atomic mass is 9.95. The van der Waals surface area contributed by atoms with Crippen LogP contribution in [0.3, 0.4) is 0 Å². The van der Waals surface area contributed by atoms with Crippen LogP contribution in [0.15, 0.2) is 36.4 Å². The Kier molecular flexibility index (Phi) is 5.39. The number of carboxylic acids is 1. The maximum atomic E-state index is 15.1. The molecule has 0 saturated carbocycles. The van der Waals surface area contributed by atoms with Gasteiger partial charge in [0.2, 0.25) is 0 Å². The number of nitrogens with one attached hydrogen (secondary N) is 1. The smallest absolute Gasteiger partial charge is 0.337 e. The fourth-order valence-corrected chi connectivity index (χ4v) is 3.68. The number of benzene rings is 3. The summed E-state index contributed by atoms with van der Waals surface area (Å²) in [4.78, 5) is 11.7. The van der Waals surface area contributed by atoms with Gasteiger partial charge >= 0.3 is 5.97 Å². The molecule has 0 saturated heterocycles. The second-order valence-electron chi connectivity index (χ2n) is 7.15. The molecule has 164 valence electrons. The third-order valence-corrected chi connectivity index (χ3v) is 5.08. The number of hydrogen-bond donors (Lipinski definition) is 2. The van der Waals surface area contributed by atoms with E-state index in [0.717, 1.165) is 12.1 Å². The van der Waals surface area contributed by atoms with Crippen LogP contribution < -0.4 is 5.32 Å². The van der Waals surface area contributed by atoms with Crippen molar-refractivity contribution in [2.75, 3.05) is 7.05 Å². The van der Waals surface area contributed by atoms with Gasteiger partial charge in [-0.15, -0.1) is 5.10 Å². The first-order chi connectivity index (χ1) is 15.2. The van der Waals surface area contributed by atoms with Crippen LogP contribution in [0.2, 0.25) is 0 Å². The first-order valence-corrected chi connectivity index (χ1v) is 9.41. The summed E-state index contributed by atoms with van der Waals surface area (Å²) in [6, 6.07) is 8.04. The molecule has 1 heterocycles. The van der Waals surface area contributed by atoms with Gasteiger partial charge in [0.05, 0.1) is 16.7 Å². The molecular weight excluding hydrogens is 428 g/mol. The molecule has 0 fully saturated rings. The number of hydrogen-bond acceptors (Lipinski definition) is 4. The van der Waals surface area contributed by atoms with Crippen molar-refractivity contribution in [2.45, 2.75) is 6.54 Å². The van der Waals surface area contributed by atoms with Gasteiger partial charge in [0, 0.05) is 13.6 Å². The van der Waals surface area contributed by atoms with Gasteiger partial charge in [-0.2, -0.15) is 0 Å². The fraction of sp³-hybridized carbons (Fsp3) is 0.136. The Balaban J connectivity index is 1.97. The number of carboxylic acid groups (broad SMARTS) is 1. The van der Waals surface area contributed by atoms with Crippen LogP contribution in [-0.4, -0.2) is 33.1 Å². The number of rotatable bonds is 5. The molecule has 6 nitrogen and oxygen atoms in total. The molecule has 0 spiro atoms. The number of fused-ring (bicyclic) bond motifs is 1. The molecule has 0 aliphatic carbocycles.